The second-order valence-electron chi connectivity index (χ2n) is 5.22. The van der Waals surface area contributed by atoms with E-state index in [1.54, 1.807) is 19.1 Å². The molecule has 1 fully saturated rings. The SMILES string of the molecule is Cc1ccc(NC(C)CN2CCOCC2)cc1[N+](=O)[O-]. The van der Waals surface area contributed by atoms with E-state index in [0.717, 1.165) is 38.5 Å². The minimum absolute atomic E-state index is 0.161. The van der Waals surface area contributed by atoms with Crippen molar-refractivity contribution in [3.8, 4) is 0 Å². The maximum atomic E-state index is 10.9. The van der Waals surface area contributed by atoms with Gasteiger partial charge < -0.3 is 10.1 Å². The zero-order valence-electron chi connectivity index (χ0n) is 12.0. The summed E-state index contributed by atoms with van der Waals surface area (Å²) < 4.78 is 5.32. The van der Waals surface area contributed by atoms with Crippen molar-refractivity contribution in [2.24, 2.45) is 0 Å². The van der Waals surface area contributed by atoms with E-state index in [9.17, 15) is 10.1 Å². The summed E-state index contributed by atoms with van der Waals surface area (Å²) in [5, 5.41) is 14.3. The third-order valence-corrected chi connectivity index (χ3v) is 3.45. The largest absolute Gasteiger partial charge is 0.381 e. The van der Waals surface area contributed by atoms with Crippen LogP contribution in [0.4, 0.5) is 11.4 Å². The first-order valence-electron chi connectivity index (χ1n) is 6.88. The maximum Gasteiger partial charge on any atom is 0.274 e. The maximum absolute atomic E-state index is 10.9. The second-order valence-corrected chi connectivity index (χ2v) is 5.22. The van der Waals surface area contributed by atoms with Crippen LogP contribution in [-0.4, -0.2) is 48.7 Å². The molecule has 1 atom stereocenters. The summed E-state index contributed by atoms with van der Waals surface area (Å²) in [6.07, 6.45) is 0. The Morgan fingerprint density at radius 3 is 2.80 bits per heavy atom. The highest BCUT2D eigenvalue weighted by atomic mass is 16.6. The molecule has 1 N–H and O–H groups in total. The Morgan fingerprint density at radius 1 is 1.45 bits per heavy atom. The fourth-order valence-corrected chi connectivity index (χ4v) is 2.40. The lowest BCUT2D eigenvalue weighted by Gasteiger charge is -2.29. The Balaban J connectivity index is 1.95. The number of ether oxygens (including phenoxy) is 1. The molecular weight excluding hydrogens is 258 g/mol. The van der Waals surface area contributed by atoms with E-state index in [1.165, 1.54) is 0 Å². The van der Waals surface area contributed by atoms with Crippen LogP contribution in [0.3, 0.4) is 0 Å². The molecule has 0 saturated carbocycles. The van der Waals surface area contributed by atoms with E-state index in [2.05, 4.69) is 17.1 Å². The van der Waals surface area contributed by atoms with E-state index in [4.69, 9.17) is 4.74 Å². The van der Waals surface area contributed by atoms with Crippen molar-refractivity contribution in [2.75, 3.05) is 38.2 Å². The molecule has 1 unspecified atom stereocenters. The fraction of sp³-hybridized carbons (Fsp3) is 0.571. The van der Waals surface area contributed by atoms with Crippen molar-refractivity contribution >= 4 is 11.4 Å². The lowest BCUT2D eigenvalue weighted by atomic mass is 10.1. The predicted molar refractivity (Wildman–Crippen MR) is 78.2 cm³/mol. The Morgan fingerprint density at radius 2 is 2.15 bits per heavy atom. The van der Waals surface area contributed by atoms with Crippen molar-refractivity contribution in [3.63, 3.8) is 0 Å². The lowest BCUT2D eigenvalue weighted by Crippen LogP contribution is -2.42. The zero-order chi connectivity index (χ0) is 14.5. The first kappa shape index (κ1) is 14.7. The van der Waals surface area contributed by atoms with Crippen LogP contribution < -0.4 is 5.32 Å². The van der Waals surface area contributed by atoms with Gasteiger partial charge in [-0.2, -0.15) is 0 Å². The summed E-state index contributed by atoms with van der Waals surface area (Å²) in [6, 6.07) is 5.50. The monoisotopic (exact) mass is 279 g/mol. The van der Waals surface area contributed by atoms with Crippen LogP contribution in [0.2, 0.25) is 0 Å². The lowest BCUT2D eigenvalue weighted by molar-refractivity contribution is -0.385. The predicted octanol–water partition coefficient (Wildman–Crippen LogP) is 2.04. The number of nitro groups is 1. The molecule has 1 aromatic rings. The molecule has 0 radical (unpaired) electrons. The van der Waals surface area contributed by atoms with Gasteiger partial charge in [0.2, 0.25) is 0 Å². The van der Waals surface area contributed by atoms with Gasteiger partial charge in [-0.05, 0) is 19.9 Å². The quantitative estimate of drug-likeness (QED) is 0.660. The van der Waals surface area contributed by atoms with Crippen LogP contribution in [0.5, 0.6) is 0 Å². The molecule has 0 aliphatic carbocycles. The number of nitro benzene ring substituents is 1. The normalized spacial score (nSPS) is 17.7. The van der Waals surface area contributed by atoms with Gasteiger partial charge in [-0.1, -0.05) is 6.07 Å². The van der Waals surface area contributed by atoms with E-state index in [1.807, 2.05) is 6.07 Å². The molecule has 1 heterocycles. The molecule has 6 heteroatoms. The summed E-state index contributed by atoms with van der Waals surface area (Å²) in [6.45, 7) is 8.19. The molecule has 20 heavy (non-hydrogen) atoms. The van der Waals surface area contributed by atoms with Crippen molar-refractivity contribution in [1.82, 2.24) is 4.90 Å². The van der Waals surface area contributed by atoms with E-state index in [-0.39, 0.29) is 16.7 Å². The Labute approximate surface area is 118 Å². The van der Waals surface area contributed by atoms with E-state index in [0.29, 0.717) is 5.56 Å². The van der Waals surface area contributed by atoms with Crippen LogP contribution in [0.15, 0.2) is 18.2 Å². The molecule has 0 bridgehead atoms. The number of hydrogen-bond donors (Lipinski definition) is 1. The molecule has 0 spiro atoms. The summed E-state index contributed by atoms with van der Waals surface area (Å²) in [7, 11) is 0. The summed E-state index contributed by atoms with van der Waals surface area (Å²) >= 11 is 0. The first-order chi connectivity index (χ1) is 9.56. The van der Waals surface area contributed by atoms with E-state index >= 15 is 0 Å². The Hall–Kier alpha value is -1.66. The van der Waals surface area contributed by atoms with Gasteiger partial charge >= 0.3 is 0 Å². The standard InChI is InChI=1S/C14H21N3O3/c1-11-3-4-13(9-14(11)17(18)19)15-12(2)10-16-5-7-20-8-6-16/h3-4,9,12,15H,5-8,10H2,1-2H3. The second kappa shape index (κ2) is 6.67. The van der Waals surface area contributed by atoms with Crippen LogP contribution in [-0.2, 0) is 4.74 Å². The van der Waals surface area contributed by atoms with Gasteiger partial charge in [0, 0.05) is 43.0 Å². The summed E-state index contributed by atoms with van der Waals surface area (Å²) in [4.78, 5) is 12.9. The van der Waals surface area contributed by atoms with Crippen LogP contribution >= 0.6 is 0 Å². The first-order valence-corrected chi connectivity index (χ1v) is 6.88. The van der Waals surface area contributed by atoms with Crippen molar-refractivity contribution in [2.45, 2.75) is 19.9 Å². The molecule has 0 aromatic heterocycles. The number of nitrogens with zero attached hydrogens (tertiary/aromatic N) is 2. The average Bonchev–Trinajstić information content (AvgIpc) is 2.41. The number of rotatable bonds is 5. The molecule has 0 amide bonds. The third kappa shape index (κ3) is 3.91. The number of nitrogens with one attached hydrogen (secondary N) is 1. The van der Waals surface area contributed by atoms with Crippen LogP contribution in [0, 0.1) is 17.0 Å². The molecular formula is C14H21N3O3. The van der Waals surface area contributed by atoms with Gasteiger partial charge in [0.05, 0.1) is 18.1 Å². The summed E-state index contributed by atoms with van der Waals surface area (Å²) in [5.74, 6) is 0. The van der Waals surface area contributed by atoms with Gasteiger partial charge in [0.25, 0.3) is 5.69 Å². The number of aryl methyl sites for hydroxylation is 1. The Bertz CT molecular complexity index is 473. The third-order valence-electron chi connectivity index (χ3n) is 3.45. The van der Waals surface area contributed by atoms with Gasteiger partial charge in [0.15, 0.2) is 0 Å². The number of anilines is 1. The highest BCUT2D eigenvalue weighted by molar-refractivity contribution is 5.55. The van der Waals surface area contributed by atoms with Gasteiger partial charge in [-0.3, -0.25) is 15.0 Å². The van der Waals surface area contributed by atoms with Gasteiger partial charge in [-0.25, -0.2) is 0 Å². The molecule has 1 aliphatic rings. The molecule has 2 rings (SSSR count). The van der Waals surface area contributed by atoms with Gasteiger partial charge in [-0.15, -0.1) is 0 Å². The topological polar surface area (TPSA) is 67.6 Å². The average molecular weight is 279 g/mol. The molecule has 110 valence electrons. The Kier molecular flexibility index (Phi) is 4.92. The number of benzene rings is 1. The van der Waals surface area contributed by atoms with Crippen molar-refractivity contribution in [1.29, 1.82) is 0 Å². The van der Waals surface area contributed by atoms with Crippen molar-refractivity contribution in [3.05, 3.63) is 33.9 Å². The van der Waals surface area contributed by atoms with Gasteiger partial charge in [0.1, 0.15) is 0 Å². The molecule has 1 aromatic carbocycles. The highest BCUT2D eigenvalue weighted by Gasteiger charge is 2.15. The summed E-state index contributed by atoms with van der Waals surface area (Å²) in [5.41, 5.74) is 1.64. The molecule has 1 saturated heterocycles. The van der Waals surface area contributed by atoms with E-state index < -0.39 is 0 Å². The van der Waals surface area contributed by atoms with Crippen molar-refractivity contribution < 1.29 is 9.66 Å². The fourth-order valence-electron chi connectivity index (χ4n) is 2.40. The minimum Gasteiger partial charge on any atom is -0.381 e. The molecule has 6 nitrogen and oxygen atoms in total. The number of morpholine rings is 1. The highest BCUT2D eigenvalue weighted by Crippen LogP contribution is 2.22. The zero-order valence-corrected chi connectivity index (χ0v) is 12.0. The van der Waals surface area contributed by atoms with Crippen LogP contribution in [0.25, 0.3) is 0 Å². The molecule has 1 aliphatic heterocycles. The number of hydrogen-bond acceptors (Lipinski definition) is 5. The smallest absolute Gasteiger partial charge is 0.274 e. The minimum atomic E-state index is -0.340. The van der Waals surface area contributed by atoms with Crippen LogP contribution in [0.1, 0.15) is 12.5 Å².